The zero-order valence-electron chi connectivity index (χ0n) is 14.1. The van der Waals surface area contributed by atoms with Gasteiger partial charge in [0.25, 0.3) is 0 Å². The van der Waals surface area contributed by atoms with Crippen LogP contribution in [0, 0.1) is 0 Å². The molecule has 0 saturated carbocycles. The van der Waals surface area contributed by atoms with Crippen molar-refractivity contribution in [3.63, 3.8) is 0 Å². The van der Waals surface area contributed by atoms with E-state index in [4.69, 9.17) is 0 Å². The molecule has 0 fully saturated rings. The van der Waals surface area contributed by atoms with Crippen molar-refractivity contribution in [1.82, 2.24) is 10.2 Å². The van der Waals surface area contributed by atoms with Crippen LogP contribution in [0.3, 0.4) is 0 Å². The van der Waals surface area contributed by atoms with Crippen LogP contribution >= 0.6 is 0 Å². The van der Waals surface area contributed by atoms with Crippen LogP contribution in [0.15, 0.2) is 30.3 Å². The molecule has 0 aromatic heterocycles. The predicted molar refractivity (Wildman–Crippen MR) is 89.4 cm³/mol. The largest absolute Gasteiger partial charge is 0.342 e. The maximum atomic E-state index is 12.3. The topological polar surface area (TPSA) is 32.3 Å². The van der Waals surface area contributed by atoms with E-state index in [1.54, 1.807) is 0 Å². The van der Waals surface area contributed by atoms with Crippen molar-refractivity contribution in [3.05, 3.63) is 35.9 Å². The van der Waals surface area contributed by atoms with Gasteiger partial charge in [0, 0.05) is 18.6 Å². The zero-order valence-corrected chi connectivity index (χ0v) is 14.1. The second-order valence-corrected chi connectivity index (χ2v) is 6.25. The molecule has 118 valence electrons. The molecule has 1 unspecified atom stereocenters. The molecule has 0 aliphatic rings. The highest BCUT2D eigenvalue weighted by molar-refractivity contribution is 5.81. The smallest absolute Gasteiger partial charge is 0.239 e. The summed E-state index contributed by atoms with van der Waals surface area (Å²) >= 11 is 0. The summed E-state index contributed by atoms with van der Waals surface area (Å²) in [4.78, 5) is 14.2. The Morgan fingerprint density at radius 2 is 1.76 bits per heavy atom. The summed E-state index contributed by atoms with van der Waals surface area (Å²) in [6.45, 7) is 11.9. The average Bonchev–Trinajstić information content (AvgIpc) is 2.47. The molecule has 21 heavy (non-hydrogen) atoms. The van der Waals surface area contributed by atoms with Crippen molar-refractivity contribution in [2.45, 2.75) is 59.0 Å². The minimum atomic E-state index is -0.143. The first-order chi connectivity index (χ1) is 9.89. The summed E-state index contributed by atoms with van der Waals surface area (Å²) in [6, 6.07) is 10.3. The second kappa shape index (κ2) is 8.18. The van der Waals surface area contributed by atoms with Crippen LogP contribution in [0.25, 0.3) is 0 Å². The van der Waals surface area contributed by atoms with Crippen molar-refractivity contribution in [2.24, 2.45) is 0 Å². The number of benzene rings is 1. The Hall–Kier alpha value is -1.35. The summed E-state index contributed by atoms with van der Waals surface area (Å²) in [6.07, 6.45) is 2.03. The lowest BCUT2D eigenvalue weighted by Crippen LogP contribution is -2.52. The molecule has 1 N–H and O–H groups in total. The number of likely N-dealkylation sites (N-methyl/N-ethyl adjacent to an activating group) is 1. The number of hydrogen-bond donors (Lipinski definition) is 1. The summed E-state index contributed by atoms with van der Waals surface area (Å²) < 4.78 is 0. The van der Waals surface area contributed by atoms with Gasteiger partial charge in [-0.1, -0.05) is 30.3 Å². The first-order valence-corrected chi connectivity index (χ1v) is 8.00. The van der Waals surface area contributed by atoms with E-state index < -0.39 is 0 Å². The molecule has 0 spiro atoms. The molecule has 0 bridgehead atoms. The SMILES string of the molecule is CCN(CC)C(=O)C(C)NC(C)(C)CCc1ccccc1. The Labute approximate surface area is 129 Å². The van der Waals surface area contributed by atoms with Crippen LogP contribution in [0.4, 0.5) is 0 Å². The quantitative estimate of drug-likeness (QED) is 0.797. The van der Waals surface area contributed by atoms with Crippen molar-refractivity contribution < 1.29 is 4.79 Å². The summed E-state index contributed by atoms with van der Waals surface area (Å²) in [5, 5.41) is 3.48. The van der Waals surface area contributed by atoms with E-state index in [-0.39, 0.29) is 17.5 Å². The third kappa shape index (κ3) is 5.88. The summed E-state index contributed by atoms with van der Waals surface area (Å²) in [7, 11) is 0. The number of amides is 1. The Balaban J connectivity index is 2.53. The third-order valence-corrected chi connectivity index (χ3v) is 3.93. The van der Waals surface area contributed by atoms with Gasteiger partial charge in [0.15, 0.2) is 0 Å². The van der Waals surface area contributed by atoms with Crippen LogP contribution in [0.2, 0.25) is 0 Å². The van der Waals surface area contributed by atoms with Gasteiger partial charge in [0.2, 0.25) is 5.91 Å². The minimum absolute atomic E-state index is 0.0575. The normalized spacial score (nSPS) is 13.0. The Kier molecular flexibility index (Phi) is 6.90. The van der Waals surface area contributed by atoms with Crippen LogP contribution in [0.1, 0.15) is 46.6 Å². The number of aryl methyl sites for hydroxylation is 1. The highest BCUT2D eigenvalue weighted by Gasteiger charge is 2.25. The van der Waals surface area contributed by atoms with Crippen molar-refractivity contribution >= 4 is 5.91 Å². The van der Waals surface area contributed by atoms with Gasteiger partial charge in [0.1, 0.15) is 0 Å². The maximum Gasteiger partial charge on any atom is 0.239 e. The van der Waals surface area contributed by atoms with Gasteiger partial charge in [0.05, 0.1) is 6.04 Å². The lowest BCUT2D eigenvalue weighted by atomic mass is 9.94. The van der Waals surface area contributed by atoms with Gasteiger partial charge < -0.3 is 10.2 Å². The molecular weight excluding hydrogens is 260 g/mol. The predicted octanol–water partition coefficient (Wildman–Crippen LogP) is 3.24. The maximum absolute atomic E-state index is 12.3. The third-order valence-electron chi connectivity index (χ3n) is 3.93. The molecule has 0 heterocycles. The van der Waals surface area contributed by atoms with Crippen LogP contribution in [-0.2, 0) is 11.2 Å². The van der Waals surface area contributed by atoms with Crippen molar-refractivity contribution in [3.8, 4) is 0 Å². The molecule has 0 aliphatic carbocycles. The standard InChI is InChI=1S/C18H30N2O/c1-6-20(7-2)17(21)15(3)19-18(4,5)14-13-16-11-9-8-10-12-16/h8-12,15,19H,6-7,13-14H2,1-5H3. The van der Waals surface area contributed by atoms with E-state index in [9.17, 15) is 4.79 Å². The van der Waals surface area contributed by atoms with E-state index >= 15 is 0 Å². The first kappa shape index (κ1) is 17.7. The van der Waals surface area contributed by atoms with E-state index in [1.807, 2.05) is 31.7 Å². The molecule has 0 saturated heterocycles. The molecule has 1 aromatic carbocycles. The molecule has 3 nitrogen and oxygen atoms in total. The molecular formula is C18H30N2O. The molecule has 1 amide bonds. The van der Waals surface area contributed by atoms with E-state index in [0.29, 0.717) is 0 Å². The van der Waals surface area contributed by atoms with Gasteiger partial charge in [-0.05, 0) is 53.0 Å². The molecule has 0 radical (unpaired) electrons. The highest BCUT2D eigenvalue weighted by atomic mass is 16.2. The second-order valence-electron chi connectivity index (χ2n) is 6.25. The number of nitrogens with zero attached hydrogens (tertiary/aromatic N) is 1. The van der Waals surface area contributed by atoms with Crippen LogP contribution in [-0.4, -0.2) is 35.5 Å². The average molecular weight is 290 g/mol. The fraction of sp³-hybridized carbons (Fsp3) is 0.611. The number of hydrogen-bond acceptors (Lipinski definition) is 2. The minimum Gasteiger partial charge on any atom is -0.342 e. The molecule has 1 aromatic rings. The fourth-order valence-electron chi connectivity index (χ4n) is 2.63. The van der Waals surface area contributed by atoms with Crippen molar-refractivity contribution in [1.29, 1.82) is 0 Å². The number of carbonyl (C=O) groups excluding carboxylic acids is 1. The molecule has 3 heteroatoms. The lowest BCUT2D eigenvalue weighted by Gasteiger charge is -2.32. The van der Waals surface area contributed by atoms with Gasteiger partial charge in [-0.2, -0.15) is 0 Å². The molecule has 1 rings (SSSR count). The fourth-order valence-corrected chi connectivity index (χ4v) is 2.63. The van der Waals surface area contributed by atoms with E-state index in [2.05, 4.69) is 43.4 Å². The Morgan fingerprint density at radius 3 is 2.29 bits per heavy atom. The van der Waals surface area contributed by atoms with E-state index in [0.717, 1.165) is 25.9 Å². The van der Waals surface area contributed by atoms with Gasteiger partial charge in [-0.15, -0.1) is 0 Å². The Bertz CT molecular complexity index is 424. The zero-order chi connectivity index (χ0) is 15.9. The number of rotatable bonds is 8. The van der Waals surface area contributed by atoms with Crippen molar-refractivity contribution in [2.75, 3.05) is 13.1 Å². The summed E-state index contributed by atoms with van der Waals surface area (Å²) in [5.41, 5.74) is 1.29. The van der Waals surface area contributed by atoms with Gasteiger partial charge in [-0.25, -0.2) is 0 Å². The number of carbonyl (C=O) groups is 1. The number of nitrogens with one attached hydrogen (secondary N) is 1. The van der Waals surface area contributed by atoms with Crippen LogP contribution < -0.4 is 5.32 Å². The van der Waals surface area contributed by atoms with E-state index in [1.165, 1.54) is 5.56 Å². The summed E-state index contributed by atoms with van der Waals surface area (Å²) in [5.74, 6) is 0.188. The molecule has 1 atom stereocenters. The van der Waals surface area contributed by atoms with Gasteiger partial charge >= 0.3 is 0 Å². The lowest BCUT2D eigenvalue weighted by molar-refractivity contribution is -0.133. The molecule has 0 aliphatic heterocycles. The van der Waals surface area contributed by atoms with Crippen LogP contribution in [0.5, 0.6) is 0 Å². The van der Waals surface area contributed by atoms with Gasteiger partial charge in [-0.3, -0.25) is 4.79 Å². The monoisotopic (exact) mass is 290 g/mol. The highest BCUT2D eigenvalue weighted by Crippen LogP contribution is 2.15. The Morgan fingerprint density at radius 1 is 1.19 bits per heavy atom. The first-order valence-electron chi connectivity index (χ1n) is 8.00.